The van der Waals surface area contributed by atoms with Crippen LogP contribution in [-0.4, -0.2) is 15.5 Å². The van der Waals surface area contributed by atoms with Crippen molar-refractivity contribution in [3.8, 4) is 0 Å². The van der Waals surface area contributed by atoms with Gasteiger partial charge in [0.25, 0.3) is 0 Å². The summed E-state index contributed by atoms with van der Waals surface area (Å²) < 4.78 is 8.88. The maximum Gasteiger partial charge on any atom is 0.227 e. The summed E-state index contributed by atoms with van der Waals surface area (Å²) in [7, 11) is 0. The second-order valence-corrected chi connectivity index (χ2v) is 2.56. The lowest BCUT2D eigenvalue weighted by Crippen LogP contribution is -2.02. The van der Waals surface area contributed by atoms with Crippen LogP contribution in [0.2, 0.25) is 0 Å². The largest absolute Gasteiger partial charge is 0.286 e. The number of pyridine rings is 1. The van der Waals surface area contributed by atoms with Crippen LogP contribution in [0.1, 0.15) is 13.1 Å². The molecule has 3 nitrogen and oxygen atoms in total. The normalized spacial score (nSPS) is 11.6. The first-order valence-electron chi connectivity index (χ1n) is 4.13. The lowest BCUT2D eigenvalue weighted by atomic mass is 10.3. The van der Waals surface area contributed by atoms with Gasteiger partial charge >= 0.3 is 0 Å². The Balaban J connectivity index is 2.86. The monoisotopic (exact) mass is 161 g/mol. The third-order valence-corrected chi connectivity index (χ3v) is 1.74. The van der Waals surface area contributed by atoms with E-state index in [1.807, 2.05) is 0 Å². The Kier molecular flexibility index (Phi) is 1.21. The molecular weight excluding hydrogens is 152 g/mol. The molecule has 2 rings (SSSR count). The number of hydrogen-bond donors (Lipinski definition) is 0. The van der Waals surface area contributed by atoms with E-state index in [1.54, 1.807) is 24.5 Å². The minimum Gasteiger partial charge on any atom is -0.286 e. The Labute approximate surface area is 71.0 Å². The van der Waals surface area contributed by atoms with E-state index < -0.39 is 0 Å². The summed E-state index contributed by atoms with van der Waals surface area (Å²) in [6, 6.07) is 3.44. The average Bonchev–Trinajstić information content (AvgIpc) is 2.39. The van der Waals surface area contributed by atoms with Crippen molar-refractivity contribution in [1.82, 2.24) is 9.55 Å². The number of nitrogens with zero attached hydrogens (tertiary/aromatic N) is 2. The van der Waals surface area contributed by atoms with E-state index in [1.165, 1.54) is 11.5 Å². The first-order valence-corrected chi connectivity index (χ1v) is 3.63. The lowest BCUT2D eigenvalue weighted by molar-refractivity contribution is 0.0941. The van der Waals surface area contributed by atoms with Gasteiger partial charge in [-0.2, -0.15) is 0 Å². The molecule has 12 heavy (non-hydrogen) atoms. The molecule has 0 N–H and O–H groups in total. The minimum absolute atomic E-state index is 0.159. The van der Waals surface area contributed by atoms with Gasteiger partial charge in [0.1, 0.15) is 0 Å². The number of rotatable bonds is 0. The average molecular weight is 161 g/mol. The van der Waals surface area contributed by atoms with E-state index in [0.29, 0.717) is 5.52 Å². The van der Waals surface area contributed by atoms with Crippen LogP contribution in [0.5, 0.6) is 0 Å². The van der Waals surface area contributed by atoms with Crippen LogP contribution in [-0.2, 0) is 0 Å². The molecule has 2 aromatic rings. The van der Waals surface area contributed by atoms with Crippen molar-refractivity contribution in [3.05, 3.63) is 30.7 Å². The summed E-state index contributed by atoms with van der Waals surface area (Å²) in [6.07, 6.45) is 3.44. The fourth-order valence-electron chi connectivity index (χ4n) is 1.17. The number of carbonyl (C=O) groups excluding carboxylic acids is 1. The fourth-order valence-corrected chi connectivity index (χ4v) is 1.17. The van der Waals surface area contributed by atoms with Gasteiger partial charge < -0.3 is 0 Å². The Morgan fingerprint density at radius 2 is 2.50 bits per heavy atom. The van der Waals surface area contributed by atoms with Crippen LogP contribution in [0.25, 0.3) is 10.9 Å². The van der Waals surface area contributed by atoms with Gasteiger partial charge in [0.2, 0.25) is 5.91 Å². The fraction of sp³-hybridized carbons (Fsp3) is 0.111. The molecule has 0 saturated carbocycles. The number of carbonyl (C=O) groups is 1. The highest BCUT2D eigenvalue weighted by Crippen LogP contribution is 2.12. The topological polar surface area (TPSA) is 34.9 Å². The van der Waals surface area contributed by atoms with E-state index in [2.05, 4.69) is 4.98 Å². The zero-order chi connectivity index (χ0) is 9.42. The molecule has 2 aromatic heterocycles. The highest BCUT2D eigenvalue weighted by molar-refractivity contribution is 5.90. The zero-order valence-corrected chi connectivity index (χ0v) is 6.61. The standard InChI is InChI=1S/C9H8N2O/c1-7(12)11-5-3-8-2-4-10-6-9(8)11/h2-6H,1H3/i5D. The predicted molar refractivity (Wildman–Crippen MR) is 46.0 cm³/mol. The molecule has 0 aliphatic rings. The summed E-state index contributed by atoms with van der Waals surface area (Å²) >= 11 is 0. The third kappa shape index (κ3) is 0.906. The van der Waals surface area contributed by atoms with Gasteiger partial charge in [-0.1, -0.05) is 0 Å². The Morgan fingerprint density at radius 1 is 1.67 bits per heavy atom. The molecule has 3 heteroatoms. The summed E-state index contributed by atoms with van der Waals surface area (Å²) in [5.74, 6) is -0.159. The first kappa shape index (κ1) is 5.94. The minimum atomic E-state index is -0.159. The van der Waals surface area contributed by atoms with Crippen LogP contribution in [0.3, 0.4) is 0 Å². The second-order valence-electron chi connectivity index (χ2n) is 2.56. The van der Waals surface area contributed by atoms with Crippen LogP contribution in [0.15, 0.2) is 30.7 Å². The third-order valence-electron chi connectivity index (χ3n) is 1.74. The van der Waals surface area contributed by atoms with Gasteiger partial charge in [0, 0.05) is 24.7 Å². The van der Waals surface area contributed by atoms with Crippen molar-refractivity contribution in [3.63, 3.8) is 0 Å². The smallest absolute Gasteiger partial charge is 0.227 e. The molecule has 2 heterocycles. The highest BCUT2D eigenvalue weighted by atomic mass is 16.1. The Bertz CT molecular complexity index is 475. The summed E-state index contributed by atoms with van der Waals surface area (Å²) in [5.41, 5.74) is 0.694. The van der Waals surface area contributed by atoms with Crippen molar-refractivity contribution in [1.29, 1.82) is 0 Å². The van der Waals surface area contributed by atoms with Gasteiger partial charge in [0.05, 0.1) is 13.1 Å². The maximum absolute atomic E-state index is 11.2. The molecule has 60 valence electrons. The van der Waals surface area contributed by atoms with E-state index >= 15 is 0 Å². The molecule has 0 amide bonds. The molecule has 0 radical (unpaired) electrons. The van der Waals surface area contributed by atoms with Crippen molar-refractivity contribution in [2.75, 3.05) is 0 Å². The van der Waals surface area contributed by atoms with Gasteiger partial charge in [-0.15, -0.1) is 0 Å². The number of fused-ring (bicyclic) bond motifs is 1. The van der Waals surface area contributed by atoms with E-state index in [-0.39, 0.29) is 12.1 Å². The molecule has 0 aliphatic carbocycles. The van der Waals surface area contributed by atoms with Crippen LogP contribution >= 0.6 is 0 Å². The van der Waals surface area contributed by atoms with E-state index in [0.717, 1.165) is 5.39 Å². The Morgan fingerprint density at radius 3 is 3.25 bits per heavy atom. The summed E-state index contributed by atoms with van der Waals surface area (Å²) in [5, 5.41) is 0.871. The number of hydrogen-bond acceptors (Lipinski definition) is 2. The van der Waals surface area contributed by atoms with Gasteiger partial charge in [-0.3, -0.25) is 14.3 Å². The molecule has 0 aliphatic heterocycles. The van der Waals surface area contributed by atoms with Crippen molar-refractivity contribution in [2.24, 2.45) is 0 Å². The van der Waals surface area contributed by atoms with Crippen molar-refractivity contribution < 1.29 is 6.17 Å². The molecule has 0 bridgehead atoms. The number of aromatic nitrogens is 2. The van der Waals surface area contributed by atoms with E-state index in [4.69, 9.17) is 1.37 Å². The quantitative estimate of drug-likeness (QED) is 0.589. The van der Waals surface area contributed by atoms with Gasteiger partial charge in [-0.05, 0) is 12.1 Å². The molecule has 0 atom stereocenters. The predicted octanol–water partition coefficient (Wildman–Crippen LogP) is 1.70. The van der Waals surface area contributed by atoms with Crippen LogP contribution < -0.4 is 0 Å². The SMILES string of the molecule is [2H]c1cc2ccncc2n1C(C)=O. The van der Waals surface area contributed by atoms with Crippen LogP contribution in [0.4, 0.5) is 0 Å². The van der Waals surface area contributed by atoms with Gasteiger partial charge in [0.15, 0.2) is 0 Å². The molecule has 0 aromatic carbocycles. The molecule has 0 fully saturated rings. The Hall–Kier alpha value is -1.64. The lowest BCUT2D eigenvalue weighted by Gasteiger charge is -1.96. The highest BCUT2D eigenvalue weighted by Gasteiger charge is 2.02. The first-order chi connectivity index (χ1) is 6.20. The summed E-state index contributed by atoms with van der Waals surface area (Å²) in [6.45, 7) is 1.44. The van der Waals surface area contributed by atoms with E-state index in [9.17, 15) is 4.79 Å². The molecule has 0 unspecified atom stereocenters. The second kappa shape index (κ2) is 2.44. The molecule has 0 spiro atoms. The van der Waals surface area contributed by atoms with Crippen molar-refractivity contribution >= 4 is 16.8 Å². The molecule has 0 saturated heterocycles. The van der Waals surface area contributed by atoms with Crippen molar-refractivity contribution in [2.45, 2.75) is 6.92 Å². The summed E-state index contributed by atoms with van der Waals surface area (Å²) in [4.78, 5) is 15.1. The van der Waals surface area contributed by atoms with Gasteiger partial charge in [-0.25, -0.2) is 0 Å². The molecular formula is C9H8N2O. The van der Waals surface area contributed by atoms with Crippen LogP contribution in [0, 0.1) is 0 Å². The maximum atomic E-state index is 11.2. The zero-order valence-electron chi connectivity index (χ0n) is 7.61.